The molecule has 1 N–H and O–H groups in total. The highest BCUT2D eigenvalue weighted by molar-refractivity contribution is 5.74. The molecule has 3 unspecified atom stereocenters. The van der Waals surface area contributed by atoms with Gasteiger partial charge in [-0.15, -0.1) is 0 Å². The fourth-order valence-corrected chi connectivity index (χ4v) is 0.607. The maximum atomic E-state index is 12.5. The second kappa shape index (κ2) is 4.97. The minimum atomic E-state index is -2.68. The number of carbonyl (C=O) groups is 1. The Hall–Kier alpha value is -0.780. The van der Waals surface area contributed by atoms with Crippen molar-refractivity contribution in [3.63, 3.8) is 0 Å². The summed E-state index contributed by atoms with van der Waals surface area (Å²) in [5.41, 5.74) is 0. The van der Waals surface area contributed by atoms with Crippen molar-refractivity contribution in [2.45, 2.75) is 31.8 Å². The average molecular weight is 186 g/mol. The third-order valence-electron chi connectivity index (χ3n) is 1.36. The van der Waals surface area contributed by atoms with Crippen molar-refractivity contribution in [2.75, 3.05) is 0 Å². The molecule has 0 radical (unpaired) electrons. The third-order valence-corrected chi connectivity index (χ3v) is 1.36. The third kappa shape index (κ3) is 2.69. The van der Waals surface area contributed by atoms with Crippen molar-refractivity contribution in [1.82, 2.24) is 0 Å². The molecule has 0 aromatic carbocycles. The molecule has 6 heteroatoms. The molecule has 0 spiro atoms. The van der Waals surface area contributed by atoms with E-state index in [0.29, 0.717) is 0 Å². The zero-order valence-corrected chi connectivity index (χ0v) is 6.34. The van der Waals surface area contributed by atoms with Gasteiger partial charge in [0.25, 0.3) is 0 Å². The Balaban J connectivity index is 4.08. The largest absolute Gasteiger partial charge is 0.386 e. The molecule has 12 heavy (non-hydrogen) atoms. The molecule has 0 aliphatic heterocycles. The van der Waals surface area contributed by atoms with Crippen molar-refractivity contribution in [3.8, 4) is 0 Å². The molecule has 3 nitrogen and oxygen atoms in total. The molecule has 0 saturated heterocycles. The Labute approximate surface area is 67.0 Å². The lowest BCUT2D eigenvalue weighted by Gasteiger charge is -2.14. The first kappa shape index (κ1) is 11.2. The maximum absolute atomic E-state index is 12.5. The van der Waals surface area contributed by atoms with Crippen LogP contribution >= 0.6 is 0 Å². The molecule has 0 rings (SSSR count). The molecule has 0 amide bonds. The Morgan fingerprint density at radius 3 is 2.42 bits per heavy atom. The van der Waals surface area contributed by atoms with Crippen LogP contribution in [0, 0.1) is 0 Å². The van der Waals surface area contributed by atoms with Gasteiger partial charge in [-0.2, -0.15) is 0 Å². The Bertz CT molecular complexity index is 153. The predicted octanol–water partition coefficient (Wildman–Crippen LogP) is 0.861. The molecular weight excluding hydrogens is 177 g/mol. The molecule has 0 bridgehead atoms. The number of hydrogen-bond acceptors (Lipinski definition) is 3. The summed E-state index contributed by atoms with van der Waals surface area (Å²) in [6.07, 6.45) is -6.91. The van der Waals surface area contributed by atoms with Crippen LogP contribution in [-0.4, -0.2) is 29.5 Å². The molecule has 0 aliphatic rings. The fourth-order valence-electron chi connectivity index (χ4n) is 0.607. The summed E-state index contributed by atoms with van der Waals surface area (Å²) in [4.78, 5) is 12.6. The van der Waals surface area contributed by atoms with Gasteiger partial charge >= 0.3 is 5.97 Å². The summed E-state index contributed by atoms with van der Waals surface area (Å²) in [6.45, 7) is 1.35. The van der Waals surface area contributed by atoms with Gasteiger partial charge in [0, 0.05) is 4.53 Å². The number of aliphatic hydroxyl groups excluding tert-OH is 1. The Morgan fingerprint density at radius 1 is 1.58 bits per heavy atom. The SMILES string of the molecule is CCC(F)C(O)C(F)C(=O)OF. The van der Waals surface area contributed by atoms with Gasteiger partial charge in [-0.3, -0.25) is 4.94 Å². The Kier molecular flexibility index (Phi) is 4.65. The van der Waals surface area contributed by atoms with E-state index < -0.39 is 24.4 Å². The summed E-state index contributed by atoms with van der Waals surface area (Å²) in [5.74, 6) is -1.92. The van der Waals surface area contributed by atoms with E-state index in [2.05, 4.69) is 4.94 Å². The van der Waals surface area contributed by atoms with E-state index in [1.807, 2.05) is 0 Å². The molecule has 0 aromatic rings. The second-order valence-corrected chi connectivity index (χ2v) is 2.21. The molecule has 0 fully saturated rings. The van der Waals surface area contributed by atoms with Crippen LogP contribution in [0.15, 0.2) is 0 Å². The van der Waals surface area contributed by atoms with Gasteiger partial charge in [0.15, 0.2) is 0 Å². The van der Waals surface area contributed by atoms with Crippen molar-refractivity contribution in [3.05, 3.63) is 0 Å². The zero-order valence-electron chi connectivity index (χ0n) is 6.34. The van der Waals surface area contributed by atoms with Crippen LogP contribution in [0.25, 0.3) is 0 Å². The van der Waals surface area contributed by atoms with Crippen LogP contribution in [0.1, 0.15) is 13.3 Å². The van der Waals surface area contributed by atoms with Gasteiger partial charge in [-0.05, 0) is 6.42 Å². The molecule has 0 aliphatic carbocycles. The summed E-state index contributed by atoms with van der Waals surface area (Å²) >= 11 is 0. The van der Waals surface area contributed by atoms with Crippen LogP contribution in [0.2, 0.25) is 0 Å². The average Bonchev–Trinajstić information content (AvgIpc) is 2.12. The maximum Gasteiger partial charge on any atom is 0.385 e. The summed E-state index contributed by atoms with van der Waals surface area (Å²) in [5, 5.41) is 8.67. The normalized spacial score (nSPS) is 18.1. The molecule has 0 saturated carbocycles. The van der Waals surface area contributed by atoms with E-state index in [1.165, 1.54) is 6.92 Å². The topological polar surface area (TPSA) is 46.5 Å². The van der Waals surface area contributed by atoms with E-state index in [0.717, 1.165) is 0 Å². The fraction of sp³-hybridized carbons (Fsp3) is 0.833. The lowest BCUT2D eigenvalue weighted by molar-refractivity contribution is -0.195. The molecule has 0 heterocycles. The summed E-state index contributed by atoms with van der Waals surface area (Å²) < 4.78 is 35.9. The minimum absolute atomic E-state index is 0.166. The highest BCUT2D eigenvalue weighted by Crippen LogP contribution is 2.12. The highest BCUT2D eigenvalue weighted by atomic mass is 19.3. The van der Waals surface area contributed by atoms with E-state index >= 15 is 0 Å². The van der Waals surface area contributed by atoms with Crippen molar-refractivity contribution in [2.24, 2.45) is 0 Å². The monoisotopic (exact) mass is 186 g/mol. The summed E-state index contributed by atoms with van der Waals surface area (Å²) in [7, 11) is 0. The lowest BCUT2D eigenvalue weighted by Crippen LogP contribution is -2.37. The standard InChI is InChI=1S/C6H9F3O3/c1-2-3(7)5(10)4(8)6(11)12-9/h3-5,10H,2H2,1H3. The number of rotatable bonds is 4. The first-order chi connectivity index (χ1) is 5.54. The number of aliphatic hydroxyl groups is 1. The lowest BCUT2D eigenvalue weighted by atomic mass is 10.1. The molecule has 0 aromatic heterocycles. The van der Waals surface area contributed by atoms with Crippen LogP contribution < -0.4 is 0 Å². The van der Waals surface area contributed by atoms with Gasteiger partial charge in [-0.1, -0.05) is 6.92 Å². The van der Waals surface area contributed by atoms with Gasteiger partial charge in [-0.25, -0.2) is 13.6 Å². The van der Waals surface area contributed by atoms with Crippen LogP contribution in [0.4, 0.5) is 13.3 Å². The number of halogens is 3. The molecule has 3 atom stereocenters. The second-order valence-electron chi connectivity index (χ2n) is 2.21. The van der Waals surface area contributed by atoms with Crippen molar-refractivity contribution >= 4 is 5.97 Å². The quantitative estimate of drug-likeness (QED) is 0.708. The first-order valence-electron chi connectivity index (χ1n) is 3.33. The molecular formula is C6H9F3O3. The van der Waals surface area contributed by atoms with Gasteiger partial charge in [0.05, 0.1) is 0 Å². The van der Waals surface area contributed by atoms with Crippen molar-refractivity contribution < 1.29 is 28.1 Å². The molecule has 72 valence electrons. The first-order valence-corrected chi connectivity index (χ1v) is 3.33. The minimum Gasteiger partial charge on any atom is -0.386 e. The van der Waals surface area contributed by atoms with E-state index in [9.17, 15) is 18.1 Å². The predicted molar refractivity (Wildman–Crippen MR) is 33.3 cm³/mol. The van der Waals surface area contributed by atoms with Crippen LogP contribution in [-0.2, 0) is 9.74 Å². The van der Waals surface area contributed by atoms with Crippen LogP contribution in [0.3, 0.4) is 0 Å². The van der Waals surface area contributed by atoms with Gasteiger partial charge in [0.2, 0.25) is 6.17 Å². The van der Waals surface area contributed by atoms with E-state index in [1.54, 1.807) is 0 Å². The van der Waals surface area contributed by atoms with Gasteiger partial charge < -0.3 is 5.11 Å². The van der Waals surface area contributed by atoms with Gasteiger partial charge in [0.1, 0.15) is 12.3 Å². The van der Waals surface area contributed by atoms with Crippen molar-refractivity contribution in [1.29, 1.82) is 0 Å². The zero-order chi connectivity index (χ0) is 9.72. The Morgan fingerprint density at radius 2 is 2.08 bits per heavy atom. The van der Waals surface area contributed by atoms with E-state index in [4.69, 9.17) is 5.11 Å². The van der Waals surface area contributed by atoms with Crippen LogP contribution in [0.5, 0.6) is 0 Å². The highest BCUT2D eigenvalue weighted by Gasteiger charge is 2.34. The van der Waals surface area contributed by atoms with E-state index in [-0.39, 0.29) is 6.42 Å². The number of alkyl halides is 2. The summed E-state index contributed by atoms with van der Waals surface area (Å²) in [6, 6.07) is 0. The number of hydrogen-bond donors (Lipinski definition) is 1. The number of carbonyl (C=O) groups excluding carboxylic acids is 1. The smallest absolute Gasteiger partial charge is 0.385 e.